The molecule has 3 rings (SSSR count). The van der Waals surface area contributed by atoms with E-state index in [9.17, 15) is 0 Å². The summed E-state index contributed by atoms with van der Waals surface area (Å²) >= 11 is 0. The molecule has 0 radical (unpaired) electrons. The van der Waals surface area contributed by atoms with Gasteiger partial charge in [0.15, 0.2) is 0 Å². The molecule has 1 N–H and O–H groups in total. The van der Waals surface area contributed by atoms with Crippen molar-refractivity contribution in [1.82, 2.24) is 15.5 Å². The molecule has 0 bridgehead atoms. The zero-order valence-corrected chi connectivity index (χ0v) is 10.6. The van der Waals surface area contributed by atoms with Crippen LogP contribution >= 0.6 is 0 Å². The maximum absolute atomic E-state index is 5.68. The fourth-order valence-corrected chi connectivity index (χ4v) is 2.42. The van der Waals surface area contributed by atoms with Crippen molar-refractivity contribution in [1.29, 1.82) is 0 Å². The van der Waals surface area contributed by atoms with Crippen LogP contribution in [-0.4, -0.2) is 23.3 Å². The van der Waals surface area contributed by atoms with E-state index in [0.717, 1.165) is 6.42 Å². The van der Waals surface area contributed by atoms with Gasteiger partial charge in [0.2, 0.25) is 5.89 Å². The lowest BCUT2D eigenvalue weighted by molar-refractivity contribution is 0.474. The Hall–Kier alpha value is -1.88. The molecule has 2 aromatic rings. The fraction of sp³-hybridized carbons (Fsp3) is 0.385. The number of hydrogen-bond donors (Lipinski definition) is 1. The van der Waals surface area contributed by atoms with Gasteiger partial charge >= 0.3 is 6.01 Å². The van der Waals surface area contributed by atoms with Crippen LogP contribution < -0.4 is 10.2 Å². The number of anilines is 2. The lowest BCUT2D eigenvalue weighted by Gasteiger charge is -2.19. The summed E-state index contributed by atoms with van der Waals surface area (Å²) in [5.41, 5.74) is 2.50. The van der Waals surface area contributed by atoms with Crippen molar-refractivity contribution < 1.29 is 4.42 Å². The van der Waals surface area contributed by atoms with Gasteiger partial charge in [-0.15, -0.1) is 5.10 Å². The molecule has 1 unspecified atom stereocenters. The van der Waals surface area contributed by atoms with Crippen LogP contribution in [0.1, 0.15) is 18.4 Å². The molecule has 0 spiro atoms. The topological polar surface area (TPSA) is 54.2 Å². The second-order valence-corrected chi connectivity index (χ2v) is 4.56. The molecular formula is C13H16N4O. The van der Waals surface area contributed by atoms with Gasteiger partial charge in [-0.25, -0.2) is 0 Å². The largest absolute Gasteiger partial charge is 0.406 e. The van der Waals surface area contributed by atoms with Gasteiger partial charge in [-0.3, -0.25) is 4.90 Å². The van der Waals surface area contributed by atoms with Gasteiger partial charge in [-0.05, 0) is 32.0 Å². The van der Waals surface area contributed by atoms with Gasteiger partial charge in [-0.2, -0.15) is 0 Å². The number of benzene rings is 1. The minimum Gasteiger partial charge on any atom is -0.406 e. The average molecular weight is 244 g/mol. The molecule has 0 saturated carbocycles. The maximum atomic E-state index is 5.68. The van der Waals surface area contributed by atoms with E-state index in [-0.39, 0.29) is 0 Å². The number of nitrogens with zero attached hydrogens (tertiary/aromatic N) is 3. The molecule has 1 aromatic carbocycles. The summed E-state index contributed by atoms with van der Waals surface area (Å²) in [7, 11) is 1.86. The van der Waals surface area contributed by atoms with Crippen LogP contribution in [0.15, 0.2) is 28.7 Å². The molecule has 94 valence electrons. The van der Waals surface area contributed by atoms with Crippen molar-refractivity contribution in [2.75, 3.05) is 11.9 Å². The SMILES string of the molecule is CNCc1nnc(N2c3ccccc3CC2C)o1. The van der Waals surface area contributed by atoms with Crippen LogP contribution in [0, 0.1) is 0 Å². The Morgan fingerprint density at radius 1 is 1.39 bits per heavy atom. The summed E-state index contributed by atoms with van der Waals surface area (Å²) in [6, 6.07) is 9.28. The minimum atomic E-state index is 0.352. The molecule has 1 aliphatic rings. The third-order valence-corrected chi connectivity index (χ3v) is 3.20. The number of aromatic nitrogens is 2. The predicted molar refractivity (Wildman–Crippen MR) is 68.8 cm³/mol. The van der Waals surface area contributed by atoms with Crippen LogP contribution in [-0.2, 0) is 13.0 Å². The number of para-hydroxylation sites is 1. The third kappa shape index (κ3) is 1.76. The molecule has 18 heavy (non-hydrogen) atoms. The lowest BCUT2D eigenvalue weighted by atomic mass is 10.1. The molecule has 2 heterocycles. The van der Waals surface area contributed by atoms with Crippen LogP contribution in [0.3, 0.4) is 0 Å². The van der Waals surface area contributed by atoms with Gasteiger partial charge in [-0.1, -0.05) is 23.3 Å². The van der Waals surface area contributed by atoms with Crippen molar-refractivity contribution in [2.24, 2.45) is 0 Å². The molecule has 1 aliphatic heterocycles. The van der Waals surface area contributed by atoms with E-state index in [1.165, 1.54) is 11.3 Å². The molecule has 0 aliphatic carbocycles. The van der Waals surface area contributed by atoms with E-state index in [4.69, 9.17) is 4.42 Å². The summed E-state index contributed by atoms with van der Waals surface area (Å²) in [6.07, 6.45) is 1.01. The van der Waals surface area contributed by atoms with Gasteiger partial charge in [0.1, 0.15) is 0 Å². The molecule has 5 nitrogen and oxygen atoms in total. The summed E-state index contributed by atoms with van der Waals surface area (Å²) < 4.78 is 5.68. The van der Waals surface area contributed by atoms with Gasteiger partial charge in [0.05, 0.1) is 6.54 Å². The van der Waals surface area contributed by atoms with Gasteiger partial charge in [0, 0.05) is 11.7 Å². The maximum Gasteiger partial charge on any atom is 0.323 e. The fourth-order valence-electron chi connectivity index (χ4n) is 2.42. The Balaban J connectivity index is 1.95. The Labute approximate surface area is 106 Å². The molecule has 0 saturated heterocycles. The van der Waals surface area contributed by atoms with E-state index >= 15 is 0 Å². The van der Waals surface area contributed by atoms with Crippen LogP contribution in [0.4, 0.5) is 11.7 Å². The van der Waals surface area contributed by atoms with Crippen molar-refractivity contribution in [3.8, 4) is 0 Å². The summed E-state index contributed by atoms with van der Waals surface area (Å²) in [6.45, 7) is 2.76. The summed E-state index contributed by atoms with van der Waals surface area (Å²) in [4.78, 5) is 2.11. The molecular weight excluding hydrogens is 228 g/mol. The smallest absolute Gasteiger partial charge is 0.323 e. The van der Waals surface area contributed by atoms with Crippen molar-refractivity contribution in [3.05, 3.63) is 35.7 Å². The first kappa shape index (κ1) is 11.2. The number of nitrogens with one attached hydrogen (secondary N) is 1. The molecule has 0 fully saturated rings. The highest BCUT2D eigenvalue weighted by molar-refractivity contribution is 5.65. The molecule has 5 heteroatoms. The normalized spacial score (nSPS) is 18.1. The van der Waals surface area contributed by atoms with Crippen LogP contribution in [0.25, 0.3) is 0 Å². The van der Waals surface area contributed by atoms with Gasteiger partial charge in [0.25, 0.3) is 0 Å². The third-order valence-electron chi connectivity index (χ3n) is 3.20. The van der Waals surface area contributed by atoms with Gasteiger partial charge < -0.3 is 9.73 Å². The highest BCUT2D eigenvalue weighted by atomic mass is 16.4. The van der Waals surface area contributed by atoms with Crippen molar-refractivity contribution in [2.45, 2.75) is 25.9 Å². The van der Waals surface area contributed by atoms with E-state index in [1.807, 2.05) is 13.1 Å². The number of fused-ring (bicyclic) bond motifs is 1. The quantitative estimate of drug-likeness (QED) is 0.893. The molecule has 0 amide bonds. The lowest BCUT2D eigenvalue weighted by Crippen LogP contribution is -2.24. The second-order valence-electron chi connectivity index (χ2n) is 4.56. The summed E-state index contributed by atoms with van der Waals surface area (Å²) in [5, 5.41) is 11.2. The van der Waals surface area contributed by atoms with E-state index in [2.05, 4.69) is 45.5 Å². The highest BCUT2D eigenvalue weighted by Gasteiger charge is 2.30. The van der Waals surface area contributed by atoms with Crippen molar-refractivity contribution in [3.63, 3.8) is 0 Å². The zero-order chi connectivity index (χ0) is 12.5. The van der Waals surface area contributed by atoms with E-state index < -0.39 is 0 Å². The Kier molecular flexibility index (Phi) is 2.76. The Bertz CT molecular complexity index is 551. The van der Waals surface area contributed by atoms with Crippen LogP contribution in [0.2, 0.25) is 0 Å². The minimum absolute atomic E-state index is 0.352. The summed E-state index contributed by atoms with van der Waals surface area (Å²) in [5.74, 6) is 0.615. The average Bonchev–Trinajstić information content (AvgIpc) is 2.92. The standard InChI is InChI=1S/C13H16N4O/c1-9-7-10-5-3-4-6-11(10)17(9)13-16-15-12(18-13)8-14-2/h3-6,9,14H,7-8H2,1-2H3. The first-order chi connectivity index (χ1) is 8.79. The molecule has 1 aromatic heterocycles. The monoisotopic (exact) mass is 244 g/mol. The number of hydrogen-bond acceptors (Lipinski definition) is 5. The van der Waals surface area contributed by atoms with E-state index in [1.54, 1.807) is 0 Å². The first-order valence-corrected chi connectivity index (χ1v) is 6.13. The second kappa shape index (κ2) is 4.42. The molecule has 1 atom stereocenters. The zero-order valence-electron chi connectivity index (χ0n) is 10.6. The van der Waals surface area contributed by atoms with E-state index in [0.29, 0.717) is 24.5 Å². The van der Waals surface area contributed by atoms with Crippen LogP contribution in [0.5, 0.6) is 0 Å². The predicted octanol–water partition coefficient (Wildman–Crippen LogP) is 1.87. The van der Waals surface area contributed by atoms with Crippen molar-refractivity contribution >= 4 is 11.7 Å². The number of rotatable bonds is 3. The Morgan fingerprint density at radius 3 is 3.06 bits per heavy atom. The highest BCUT2D eigenvalue weighted by Crippen LogP contribution is 2.37. The first-order valence-electron chi connectivity index (χ1n) is 6.13. The Morgan fingerprint density at radius 2 is 2.22 bits per heavy atom.